The van der Waals surface area contributed by atoms with Crippen molar-refractivity contribution in [2.75, 3.05) is 51.7 Å². The minimum absolute atomic E-state index is 0. The molecule has 2 N–H and O–H groups in total. The van der Waals surface area contributed by atoms with E-state index in [0.29, 0.717) is 25.7 Å². The highest BCUT2D eigenvalue weighted by Crippen LogP contribution is 2.18. The van der Waals surface area contributed by atoms with Crippen molar-refractivity contribution in [1.29, 1.82) is 0 Å². The Morgan fingerprint density at radius 2 is 1.86 bits per heavy atom. The standard InChI is InChI=1S/C21H30N4O2.HI/c1-22-21(23-16-17-8-5-10-19(14-17)25(2)3)24-18-9-6-11-20(15-18)27-13-7-12-26-4;/h5-6,8-11,14-15H,7,12-13,16H2,1-4H3,(H2,22,23,24);1H. The van der Waals surface area contributed by atoms with E-state index in [9.17, 15) is 0 Å². The van der Waals surface area contributed by atoms with Crippen LogP contribution < -0.4 is 20.3 Å². The van der Waals surface area contributed by atoms with Gasteiger partial charge in [-0.15, -0.1) is 24.0 Å². The maximum absolute atomic E-state index is 5.74. The number of nitrogens with zero attached hydrogens (tertiary/aromatic N) is 2. The quantitative estimate of drug-likeness (QED) is 0.237. The number of nitrogens with one attached hydrogen (secondary N) is 2. The molecule has 154 valence electrons. The lowest BCUT2D eigenvalue weighted by molar-refractivity contribution is 0.172. The molecule has 0 aliphatic heterocycles. The summed E-state index contributed by atoms with van der Waals surface area (Å²) < 4.78 is 10.8. The number of halogens is 1. The summed E-state index contributed by atoms with van der Waals surface area (Å²) >= 11 is 0. The van der Waals surface area contributed by atoms with Gasteiger partial charge >= 0.3 is 0 Å². The molecule has 0 aliphatic carbocycles. The molecule has 0 spiro atoms. The minimum Gasteiger partial charge on any atom is -0.493 e. The SMILES string of the molecule is CN=C(NCc1cccc(N(C)C)c1)Nc1cccc(OCCCOC)c1.I. The smallest absolute Gasteiger partial charge is 0.195 e. The Morgan fingerprint density at radius 1 is 1.07 bits per heavy atom. The van der Waals surface area contributed by atoms with Gasteiger partial charge in [0.1, 0.15) is 5.75 Å². The van der Waals surface area contributed by atoms with Gasteiger partial charge in [0.25, 0.3) is 0 Å². The van der Waals surface area contributed by atoms with E-state index in [0.717, 1.165) is 17.9 Å². The highest BCUT2D eigenvalue weighted by atomic mass is 127. The first-order valence-electron chi connectivity index (χ1n) is 9.08. The summed E-state index contributed by atoms with van der Waals surface area (Å²) in [7, 11) is 7.53. The second-order valence-corrected chi connectivity index (χ2v) is 6.34. The Balaban J connectivity index is 0.00000392. The molecule has 2 aromatic rings. The van der Waals surface area contributed by atoms with E-state index in [1.165, 1.54) is 11.3 Å². The summed E-state index contributed by atoms with van der Waals surface area (Å²) in [4.78, 5) is 6.39. The van der Waals surface area contributed by atoms with Crippen LogP contribution in [0.1, 0.15) is 12.0 Å². The van der Waals surface area contributed by atoms with Crippen LogP contribution in [0.25, 0.3) is 0 Å². The average molecular weight is 498 g/mol. The minimum atomic E-state index is 0. The Kier molecular flexibility index (Phi) is 11.4. The van der Waals surface area contributed by atoms with Crippen molar-refractivity contribution < 1.29 is 9.47 Å². The van der Waals surface area contributed by atoms with Crippen LogP contribution in [0, 0.1) is 0 Å². The predicted octanol–water partition coefficient (Wildman–Crippen LogP) is 3.97. The first kappa shape index (κ1) is 24.0. The molecule has 28 heavy (non-hydrogen) atoms. The number of methoxy groups -OCH3 is 1. The third-order valence-corrected chi connectivity index (χ3v) is 3.97. The zero-order valence-corrected chi connectivity index (χ0v) is 19.4. The number of ether oxygens (including phenoxy) is 2. The van der Waals surface area contributed by atoms with Gasteiger partial charge in [-0.05, 0) is 29.8 Å². The Labute approximate surface area is 185 Å². The third kappa shape index (κ3) is 8.35. The van der Waals surface area contributed by atoms with E-state index in [4.69, 9.17) is 9.47 Å². The maximum Gasteiger partial charge on any atom is 0.195 e. The molecule has 0 aromatic heterocycles. The number of benzene rings is 2. The van der Waals surface area contributed by atoms with Crippen LogP contribution in [-0.2, 0) is 11.3 Å². The zero-order chi connectivity index (χ0) is 19.5. The van der Waals surface area contributed by atoms with E-state index in [2.05, 4.69) is 44.8 Å². The Hall–Kier alpha value is -2.00. The van der Waals surface area contributed by atoms with E-state index in [-0.39, 0.29) is 24.0 Å². The highest BCUT2D eigenvalue weighted by molar-refractivity contribution is 14.0. The normalized spacial score (nSPS) is 10.8. The van der Waals surface area contributed by atoms with Gasteiger partial charge in [0.2, 0.25) is 0 Å². The van der Waals surface area contributed by atoms with Crippen molar-refractivity contribution in [1.82, 2.24) is 5.32 Å². The van der Waals surface area contributed by atoms with Crippen LogP contribution in [0.4, 0.5) is 11.4 Å². The van der Waals surface area contributed by atoms with Crippen molar-refractivity contribution in [3.63, 3.8) is 0 Å². The van der Waals surface area contributed by atoms with Crippen molar-refractivity contribution in [2.45, 2.75) is 13.0 Å². The summed E-state index contributed by atoms with van der Waals surface area (Å²) in [6.07, 6.45) is 0.864. The van der Waals surface area contributed by atoms with Crippen molar-refractivity contribution in [3.8, 4) is 5.75 Å². The lowest BCUT2D eigenvalue weighted by Gasteiger charge is -2.15. The van der Waals surface area contributed by atoms with Crippen LogP contribution in [0.2, 0.25) is 0 Å². The molecule has 0 saturated carbocycles. The second-order valence-electron chi connectivity index (χ2n) is 6.34. The maximum atomic E-state index is 5.74. The zero-order valence-electron chi connectivity index (χ0n) is 17.1. The monoisotopic (exact) mass is 498 g/mol. The van der Waals surface area contributed by atoms with E-state index < -0.39 is 0 Å². The fourth-order valence-electron chi connectivity index (χ4n) is 2.50. The molecule has 0 bridgehead atoms. The third-order valence-electron chi connectivity index (χ3n) is 3.97. The molecule has 0 fully saturated rings. The molecule has 6 nitrogen and oxygen atoms in total. The van der Waals surface area contributed by atoms with Gasteiger partial charge in [-0.1, -0.05) is 18.2 Å². The summed E-state index contributed by atoms with van der Waals surface area (Å²) in [5.74, 6) is 1.53. The second kappa shape index (κ2) is 13.2. The molecule has 7 heteroatoms. The van der Waals surface area contributed by atoms with Gasteiger partial charge in [0, 0.05) is 65.3 Å². The number of aliphatic imine (C=N–C) groups is 1. The van der Waals surface area contributed by atoms with Crippen molar-refractivity contribution in [3.05, 3.63) is 54.1 Å². The summed E-state index contributed by atoms with van der Waals surface area (Å²) in [5, 5.41) is 6.64. The average Bonchev–Trinajstić information content (AvgIpc) is 2.69. The molecule has 0 saturated heterocycles. The first-order valence-corrected chi connectivity index (χ1v) is 9.08. The van der Waals surface area contributed by atoms with E-state index in [1.807, 2.05) is 38.4 Å². The highest BCUT2D eigenvalue weighted by Gasteiger charge is 2.03. The molecule has 2 rings (SSSR count). The van der Waals surface area contributed by atoms with Crippen LogP contribution in [-0.4, -0.2) is 47.4 Å². The molecular formula is C21H31IN4O2. The van der Waals surface area contributed by atoms with Crippen molar-refractivity contribution >= 4 is 41.3 Å². The molecule has 0 radical (unpaired) electrons. The summed E-state index contributed by atoms with van der Waals surface area (Å²) in [5.41, 5.74) is 3.30. The van der Waals surface area contributed by atoms with E-state index >= 15 is 0 Å². The van der Waals surface area contributed by atoms with Crippen LogP contribution in [0.5, 0.6) is 5.75 Å². The van der Waals surface area contributed by atoms with Crippen LogP contribution >= 0.6 is 24.0 Å². The first-order chi connectivity index (χ1) is 13.1. The lowest BCUT2D eigenvalue weighted by atomic mass is 10.2. The van der Waals surface area contributed by atoms with Gasteiger partial charge in [-0.25, -0.2) is 0 Å². The number of anilines is 2. The Bertz CT molecular complexity index is 738. The van der Waals surface area contributed by atoms with Crippen LogP contribution in [0.15, 0.2) is 53.5 Å². The van der Waals surface area contributed by atoms with E-state index in [1.54, 1.807) is 14.2 Å². The van der Waals surface area contributed by atoms with Gasteiger partial charge in [-0.3, -0.25) is 4.99 Å². The number of rotatable bonds is 9. The molecule has 0 aliphatic rings. The topological polar surface area (TPSA) is 58.1 Å². The number of hydrogen-bond acceptors (Lipinski definition) is 4. The van der Waals surface area contributed by atoms with Gasteiger partial charge in [0.05, 0.1) is 6.61 Å². The molecule has 0 unspecified atom stereocenters. The fraction of sp³-hybridized carbons (Fsp3) is 0.381. The Morgan fingerprint density at radius 3 is 2.57 bits per heavy atom. The molecule has 0 atom stereocenters. The van der Waals surface area contributed by atoms with Gasteiger partial charge in [-0.2, -0.15) is 0 Å². The molecule has 0 amide bonds. The number of hydrogen-bond donors (Lipinski definition) is 2. The van der Waals surface area contributed by atoms with Gasteiger partial charge in [0.15, 0.2) is 5.96 Å². The van der Waals surface area contributed by atoms with Crippen LogP contribution in [0.3, 0.4) is 0 Å². The largest absolute Gasteiger partial charge is 0.493 e. The summed E-state index contributed by atoms with van der Waals surface area (Å²) in [6, 6.07) is 16.3. The van der Waals surface area contributed by atoms with Crippen molar-refractivity contribution in [2.24, 2.45) is 4.99 Å². The molecule has 0 heterocycles. The van der Waals surface area contributed by atoms with Gasteiger partial charge < -0.3 is 25.0 Å². The predicted molar refractivity (Wildman–Crippen MR) is 128 cm³/mol. The molecular weight excluding hydrogens is 467 g/mol. The number of guanidine groups is 1. The fourth-order valence-corrected chi connectivity index (χ4v) is 2.50. The summed E-state index contributed by atoms with van der Waals surface area (Å²) in [6.45, 7) is 2.02. The molecule has 2 aromatic carbocycles. The lowest BCUT2D eigenvalue weighted by Crippen LogP contribution is -2.30.